The second kappa shape index (κ2) is 10.6. The number of hydrogen-bond donors (Lipinski definition) is 1. The Morgan fingerprint density at radius 3 is 2.31 bits per heavy atom. The number of amides is 1. The number of unbranched alkanes of at least 4 members (excludes halogenated alkanes) is 6. The SMILES string of the molecule is CCCCCCC(=O)Nc1ncnc2ncn(C(=O)CCCCCC)c12. The van der Waals surface area contributed by atoms with E-state index in [2.05, 4.69) is 34.1 Å². The number of imidazole rings is 1. The lowest BCUT2D eigenvalue weighted by atomic mass is 10.1. The molecule has 0 aromatic carbocycles. The third-order valence-electron chi connectivity index (χ3n) is 4.37. The molecule has 0 aliphatic carbocycles. The van der Waals surface area contributed by atoms with Crippen molar-refractivity contribution in [2.24, 2.45) is 0 Å². The largest absolute Gasteiger partial charge is 0.309 e. The minimum absolute atomic E-state index is 0.0446. The number of hydrogen-bond acceptors (Lipinski definition) is 5. The van der Waals surface area contributed by atoms with E-state index >= 15 is 0 Å². The summed E-state index contributed by atoms with van der Waals surface area (Å²) >= 11 is 0. The van der Waals surface area contributed by atoms with Gasteiger partial charge in [-0.3, -0.25) is 14.2 Å². The van der Waals surface area contributed by atoms with Crippen molar-refractivity contribution < 1.29 is 9.59 Å². The molecule has 1 amide bonds. The van der Waals surface area contributed by atoms with Crippen molar-refractivity contribution in [2.45, 2.75) is 78.1 Å². The third-order valence-corrected chi connectivity index (χ3v) is 4.37. The molecule has 142 valence electrons. The summed E-state index contributed by atoms with van der Waals surface area (Å²) < 4.78 is 1.47. The molecule has 0 aliphatic rings. The molecule has 2 rings (SSSR count). The summed E-state index contributed by atoms with van der Waals surface area (Å²) in [7, 11) is 0. The van der Waals surface area contributed by atoms with E-state index in [9.17, 15) is 9.59 Å². The fraction of sp³-hybridized carbons (Fsp3) is 0.632. The summed E-state index contributed by atoms with van der Waals surface area (Å²) in [5.74, 6) is 0.219. The topological polar surface area (TPSA) is 89.8 Å². The molecular weight excluding hydrogens is 330 g/mol. The van der Waals surface area contributed by atoms with Crippen molar-refractivity contribution in [1.29, 1.82) is 0 Å². The van der Waals surface area contributed by atoms with E-state index in [1.165, 1.54) is 17.2 Å². The highest BCUT2D eigenvalue weighted by atomic mass is 16.2. The maximum atomic E-state index is 12.5. The molecule has 2 aromatic rings. The van der Waals surface area contributed by atoms with Gasteiger partial charge in [0.15, 0.2) is 11.5 Å². The first-order valence-electron chi connectivity index (χ1n) is 9.68. The number of fused-ring (bicyclic) bond motifs is 1. The van der Waals surface area contributed by atoms with E-state index in [1.54, 1.807) is 0 Å². The highest BCUT2D eigenvalue weighted by Crippen LogP contribution is 2.20. The molecule has 0 unspecified atom stereocenters. The predicted octanol–water partition coefficient (Wildman–Crippen LogP) is 4.35. The number of nitrogens with one attached hydrogen (secondary N) is 1. The average Bonchev–Trinajstić information content (AvgIpc) is 3.07. The Morgan fingerprint density at radius 2 is 1.62 bits per heavy atom. The van der Waals surface area contributed by atoms with Crippen LogP contribution in [0.5, 0.6) is 0 Å². The van der Waals surface area contributed by atoms with Crippen LogP contribution < -0.4 is 5.32 Å². The van der Waals surface area contributed by atoms with Gasteiger partial charge in [0, 0.05) is 12.8 Å². The molecule has 2 aromatic heterocycles. The summed E-state index contributed by atoms with van der Waals surface area (Å²) in [6, 6.07) is 0. The van der Waals surface area contributed by atoms with Crippen molar-refractivity contribution in [3.05, 3.63) is 12.7 Å². The van der Waals surface area contributed by atoms with Crippen LogP contribution in [0, 0.1) is 0 Å². The Labute approximate surface area is 154 Å². The quantitative estimate of drug-likeness (QED) is 0.603. The fourth-order valence-corrected chi connectivity index (χ4v) is 2.87. The summed E-state index contributed by atoms with van der Waals surface area (Å²) in [6.45, 7) is 4.28. The number of carbonyl (C=O) groups is 2. The van der Waals surface area contributed by atoms with E-state index < -0.39 is 0 Å². The second-order valence-electron chi connectivity index (χ2n) is 6.57. The van der Waals surface area contributed by atoms with Crippen LogP contribution in [0.15, 0.2) is 12.7 Å². The zero-order valence-electron chi connectivity index (χ0n) is 15.8. The third kappa shape index (κ3) is 5.61. The standard InChI is InChI=1S/C19H29N5O2/c1-3-5-7-9-11-15(25)23-19-17-18(20-13-21-19)22-14-24(17)16(26)12-10-8-6-4-2/h13-14H,3-12H2,1-2H3,(H,20,21,23,25). The Kier molecular flexibility index (Phi) is 8.18. The molecule has 0 aliphatic heterocycles. The Morgan fingerprint density at radius 1 is 0.923 bits per heavy atom. The van der Waals surface area contributed by atoms with Crippen molar-refractivity contribution in [3.63, 3.8) is 0 Å². The molecule has 0 saturated heterocycles. The minimum Gasteiger partial charge on any atom is -0.309 e. The normalized spacial score (nSPS) is 11.0. The van der Waals surface area contributed by atoms with Crippen LogP contribution in [0.4, 0.5) is 5.82 Å². The number of aromatic nitrogens is 4. The molecule has 0 atom stereocenters. The Hall–Kier alpha value is -2.31. The lowest BCUT2D eigenvalue weighted by molar-refractivity contribution is -0.116. The summed E-state index contributed by atoms with van der Waals surface area (Å²) in [5.41, 5.74) is 0.901. The van der Waals surface area contributed by atoms with Gasteiger partial charge in [0.25, 0.3) is 0 Å². The molecular formula is C19H29N5O2. The van der Waals surface area contributed by atoms with Crippen LogP contribution in [-0.2, 0) is 4.79 Å². The first-order valence-corrected chi connectivity index (χ1v) is 9.68. The van der Waals surface area contributed by atoms with Gasteiger partial charge in [-0.15, -0.1) is 0 Å². The van der Waals surface area contributed by atoms with Crippen LogP contribution in [0.25, 0.3) is 11.2 Å². The van der Waals surface area contributed by atoms with Gasteiger partial charge in [0.2, 0.25) is 11.8 Å². The maximum Gasteiger partial charge on any atom is 0.232 e. The molecule has 0 radical (unpaired) electrons. The highest BCUT2D eigenvalue weighted by molar-refractivity contribution is 6.00. The zero-order chi connectivity index (χ0) is 18.8. The summed E-state index contributed by atoms with van der Waals surface area (Å²) in [4.78, 5) is 37.1. The number of carbonyl (C=O) groups excluding carboxylic acids is 2. The summed E-state index contributed by atoms with van der Waals surface area (Å²) in [5, 5.41) is 2.82. The predicted molar refractivity (Wildman–Crippen MR) is 102 cm³/mol. The van der Waals surface area contributed by atoms with Crippen LogP contribution in [0.3, 0.4) is 0 Å². The highest BCUT2D eigenvalue weighted by Gasteiger charge is 2.16. The smallest absolute Gasteiger partial charge is 0.232 e. The van der Waals surface area contributed by atoms with Crippen LogP contribution >= 0.6 is 0 Å². The van der Waals surface area contributed by atoms with Crippen LogP contribution in [0.1, 0.15) is 82.9 Å². The maximum absolute atomic E-state index is 12.5. The van der Waals surface area contributed by atoms with Gasteiger partial charge in [-0.25, -0.2) is 15.0 Å². The van der Waals surface area contributed by atoms with Gasteiger partial charge in [-0.05, 0) is 12.8 Å². The lowest BCUT2D eigenvalue weighted by Gasteiger charge is -2.08. The molecule has 0 spiro atoms. The van der Waals surface area contributed by atoms with Gasteiger partial charge in [0.05, 0.1) is 0 Å². The van der Waals surface area contributed by atoms with E-state index in [0.29, 0.717) is 29.8 Å². The molecule has 0 fully saturated rings. The van der Waals surface area contributed by atoms with E-state index in [1.807, 2.05) is 0 Å². The lowest BCUT2D eigenvalue weighted by Crippen LogP contribution is -2.15. The van der Waals surface area contributed by atoms with Gasteiger partial charge < -0.3 is 5.32 Å². The van der Waals surface area contributed by atoms with Gasteiger partial charge in [-0.1, -0.05) is 52.4 Å². The molecule has 26 heavy (non-hydrogen) atoms. The monoisotopic (exact) mass is 359 g/mol. The number of anilines is 1. The Bertz CT molecular complexity index is 726. The van der Waals surface area contributed by atoms with Gasteiger partial charge in [-0.2, -0.15) is 0 Å². The molecule has 7 nitrogen and oxygen atoms in total. The van der Waals surface area contributed by atoms with Crippen LogP contribution in [-0.4, -0.2) is 31.3 Å². The van der Waals surface area contributed by atoms with Crippen molar-refractivity contribution in [1.82, 2.24) is 19.5 Å². The second-order valence-corrected chi connectivity index (χ2v) is 6.57. The van der Waals surface area contributed by atoms with E-state index in [0.717, 1.165) is 51.4 Å². The van der Waals surface area contributed by atoms with Gasteiger partial charge >= 0.3 is 0 Å². The molecule has 2 heterocycles. The fourth-order valence-electron chi connectivity index (χ4n) is 2.87. The average molecular weight is 359 g/mol. The Balaban J connectivity index is 2.06. The first-order chi connectivity index (χ1) is 12.7. The number of nitrogens with zero attached hydrogens (tertiary/aromatic N) is 4. The van der Waals surface area contributed by atoms with Crippen molar-refractivity contribution in [2.75, 3.05) is 5.32 Å². The van der Waals surface area contributed by atoms with E-state index in [-0.39, 0.29) is 11.8 Å². The van der Waals surface area contributed by atoms with Crippen molar-refractivity contribution >= 4 is 28.8 Å². The van der Waals surface area contributed by atoms with Crippen molar-refractivity contribution in [3.8, 4) is 0 Å². The molecule has 0 bridgehead atoms. The minimum atomic E-state index is -0.0933. The van der Waals surface area contributed by atoms with Gasteiger partial charge in [0.1, 0.15) is 18.2 Å². The summed E-state index contributed by atoms with van der Waals surface area (Å²) in [6.07, 6.45) is 12.0. The molecule has 1 N–H and O–H groups in total. The van der Waals surface area contributed by atoms with Crippen LogP contribution in [0.2, 0.25) is 0 Å². The zero-order valence-corrected chi connectivity index (χ0v) is 15.8. The number of rotatable bonds is 11. The molecule has 0 saturated carbocycles. The van der Waals surface area contributed by atoms with E-state index in [4.69, 9.17) is 0 Å². The molecule has 7 heteroatoms. The first kappa shape index (κ1) is 20.0.